The molecule has 0 saturated heterocycles. The summed E-state index contributed by atoms with van der Waals surface area (Å²) in [6.45, 7) is 3.94. The van der Waals surface area contributed by atoms with Crippen LogP contribution >= 0.6 is 0 Å². The van der Waals surface area contributed by atoms with E-state index < -0.39 is 24.0 Å². The van der Waals surface area contributed by atoms with Gasteiger partial charge in [0.2, 0.25) is 11.8 Å². The van der Waals surface area contributed by atoms with Crippen LogP contribution in [0.3, 0.4) is 0 Å². The molecular weight excluding hydrogens is 322 g/mol. The SMILES string of the molecule is CC(C)CC(N)C(=O)NC(Cc1ccccc1)C(=O)NCCC(=O)O. The van der Waals surface area contributed by atoms with Crippen LogP contribution in [-0.4, -0.2) is 41.5 Å². The Morgan fingerprint density at radius 1 is 1.12 bits per heavy atom. The van der Waals surface area contributed by atoms with Crippen molar-refractivity contribution in [3.8, 4) is 0 Å². The van der Waals surface area contributed by atoms with Crippen LogP contribution in [0.15, 0.2) is 30.3 Å². The Kier molecular flexibility index (Phi) is 8.63. The number of aliphatic carboxylic acids is 1. The molecule has 0 bridgehead atoms. The van der Waals surface area contributed by atoms with Crippen molar-refractivity contribution in [3.63, 3.8) is 0 Å². The van der Waals surface area contributed by atoms with Crippen LogP contribution in [0.25, 0.3) is 0 Å². The van der Waals surface area contributed by atoms with Gasteiger partial charge in [-0.05, 0) is 17.9 Å². The normalized spacial score (nSPS) is 13.1. The Labute approximate surface area is 148 Å². The highest BCUT2D eigenvalue weighted by Gasteiger charge is 2.24. The van der Waals surface area contributed by atoms with Crippen molar-refractivity contribution in [1.82, 2.24) is 10.6 Å². The molecule has 7 heteroatoms. The molecule has 0 radical (unpaired) electrons. The van der Waals surface area contributed by atoms with Gasteiger partial charge < -0.3 is 21.5 Å². The highest BCUT2D eigenvalue weighted by molar-refractivity contribution is 5.90. The van der Waals surface area contributed by atoms with E-state index in [1.807, 2.05) is 44.2 Å². The summed E-state index contributed by atoms with van der Waals surface area (Å²) in [6, 6.07) is 7.78. The first-order valence-electron chi connectivity index (χ1n) is 8.39. The van der Waals surface area contributed by atoms with Gasteiger partial charge in [0, 0.05) is 13.0 Å². The molecule has 1 rings (SSSR count). The Morgan fingerprint density at radius 2 is 1.76 bits per heavy atom. The standard InChI is InChI=1S/C18H27N3O4/c1-12(2)10-14(19)17(24)21-15(11-13-6-4-3-5-7-13)18(25)20-9-8-16(22)23/h3-7,12,14-15H,8-11,19H2,1-2H3,(H,20,25)(H,21,24)(H,22,23). The summed E-state index contributed by atoms with van der Waals surface area (Å²) in [5, 5.41) is 13.9. The molecule has 0 heterocycles. The van der Waals surface area contributed by atoms with E-state index in [2.05, 4.69) is 10.6 Å². The lowest BCUT2D eigenvalue weighted by Crippen LogP contribution is -2.53. The summed E-state index contributed by atoms with van der Waals surface area (Å²) >= 11 is 0. The maximum absolute atomic E-state index is 12.3. The minimum atomic E-state index is -0.997. The third-order valence-corrected chi connectivity index (χ3v) is 3.62. The minimum absolute atomic E-state index is 0.00732. The molecule has 138 valence electrons. The van der Waals surface area contributed by atoms with Crippen molar-refractivity contribution in [3.05, 3.63) is 35.9 Å². The maximum Gasteiger partial charge on any atom is 0.305 e. The monoisotopic (exact) mass is 349 g/mol. The summed E-state index contributed by atoms with van der Waals surface area (Å²) in [5.41, 5.74) is 6.77. The second kappa shape index (κ2) is 10.5. The highest BCUT2D eigenvalue weighted by atomic mass is 16.4. The Balaban J connectivity index is 2.74. The number of carboxylic acids is 1. The fraction of sp³-hybridized carbons (Fsp3) is 0.500. The van der Waals surface area contributed by atoms with Crippen molar-refractivity contribution in [2.75, 3.05) is 6.54 Å². The lowest BCUT2D eigenvalue weighted by Gasteiger charge is -2.21. The van der Waals surface area contributed by atoms with Gasteiger partial charge >= 0.3 is 5.97 Å². The third-order valence-electron chi connectivity index (χ3n) is 3.62. The molecule has 0 aliphatic rings. The van der Waals surface area contributed by atoms with Gasteiger partial charge in [-0.1, -0.05) is 44.2 Å². The van der Waals surface area contributed by atoms with E-state index in [1.54, 1.807) is 0 Å². The minimum Gasteiger partial charge on any atom is -0.481 e. The number of nitrogens with two attached hydrogens (primary N) is 1. The zero-order valence-corrected chi connectivity index (χ0v) is 14.7. The van der Waals surface area contributed by atoms with Gasteiger partial charge in [-0.3, -0.25) is 14.4 Å². The van der Waals surface area contributed by atoms with Gasteiger partial charge in [0.15, 0.2) is 0 Å². The van der Waals surface area contributed by atoms with E-state index >= 15 is 0 Å². The molecule has 0 aromatic heterocycles. The summed E-state index contributed by atoms with van der Waals surface area (Å²) in [6.07, 6.45) is 0.648. The number of carbonyl (C=O) groups excluding carboxylic acids is 2. The Morgan fingerprint density at radius 3 is 2.32 bits per heavy atom. The van der Waals surface area contributed by atoms with Gasteiger partial charge in [0.05, 0.1) is 12.5 Å². The van der Waals surface area contributed by atoms with Gasteiger partial charge in [-0.25, -0.2) is 0 Å². The molecular formula is C18H27N3O4. The first-order chi connectivity index (χ1) is 11.8. The molecule has 2 atom stereocenters. The van der Waals surface area contributed by atoms with Crippen LogP contribution in [0.5, 0.6) is 0 Å². The lowest BCUT2D eigenvalue weighted by molar-refractivity contribution is -0.137. The van der Waals surface area contributed by atoms with Crippen LogP contribution in [0, 0.1) is 5.92 Å². The molecule has 0 spiro atoms. The number of carbonyl (C=O) groups is 3. The predicted octanol–water partition coefficient (Wildman–Crippen LogP) is 0.678. The molecule has 2 amide bonds. The quantitative estimate of drug-likeness (QED) is 0.495. The van der Waals surface area contributed by atoms with E-state index in [9.17, 15) is 14.4 Å². The topological polar surface area (TPSA) is 122 Å². The number of nitrogens with one attached hydrogen (secondary N) is 2. The number of benzene rings is 1. The second-order valence-corrected chi connectivity index (χ2v) is 6.42. The van der Waals surface area contributed by atoms with Gasteiger partial charge in [-0.2, -0.15) is 0 Å². The lowest BCUT2D eigenvalue weighted by atomic mass is 10.0. The van der Waals surface area contributed by atoms with Gasteiger partial charge in [0.1, 0.15) is 6.04 Å². The summed E-state index contributed by atoms with van der Waals surface area (Å²) in [4.78, 5) is 35.2. The molecule has 1 aromatic carbocycles. The van der Waals surface area contributed by atoms with E-state index in [0.717, 1.165) is 5.56 Å². The van der Waals surface area contributed by atoms with E-state index in [0.29, 0.717) is 12.8 Å². The van der Waals surface area contributed by atoms with E-state index in [4.69, 9.17) is 10.8 Å². The Hall–Kier alpha value is -2.41. The Bertz CT molecular complexity index is 575. The third kappa shape index (κ3) is 8.30. The number of carboxylic acid groups (broad SMARTS) is 1. The zero-order chi connectivity index (χ0) is 18.8. The average Bonchev–Trinajstić information content (AvgIpc) is 2.54. The van der Waals surface area contributed by atoms with Crippen LogP contribution in [0.4, 0.5) is 0 Å². The van der Waals surface area contributed by atoms with Crippen LogP contribution in [0.1, 0.15) is 32.3 Å². The van der Waals surface area contributed by atoms with Crippen molar-refractivity contribution >= 4 is 17.8 Å². The van der Waals surface area contributed by atoms with Crippen molar-refractivity contribution in [1.29, 1.82) is 0 Å². The number of rotatable bonds is 10. The van der Waals surface area contributed by atoms with E-state index in [-0.39, 0.29) is 24.8 Å². The molecule has 5 N–H and O–H groups in total. The maximum atomic E-state index is 12.3. The van der Waals surface area contributed by atoms with Crippen molar-refractivity contribution < 1.29 is 19.5 Å². The van der Waals surface area contributed by atoms with Crippen LogP contribution < -0.4 is 16.4 Å². The van der Waals surface area contributed by atoms with Gasteiger partial charge in [0.25, 0.3) is 0 Å². The van der Waals surface area contributed by atoms with Crippen LogP contribution in [-0.2, 0) is 20.8 Å². The van der Waals surface area contributed by atoms with Crippen molar-refractivity contribution in [2.45, 2.75) is 45.2 Å². The zero-order valence-electron chi connectivity index (χ0n) is 14.7. The van der Waals surface area contributed by atoms with Gasteiger partial charge in [-0.15, -0.1) is 0 Å². The summed E-state index contributed by atoms with van der Waals surface area (Å²) in [5.74, 6) is -1.54. The van der Waals surface area contributed by atoms with Crippen molar-refractivity contribution in [2.24, 2.45) is 11.7 Å². The highest BCUT2D eigenvalue weighted by Crippen LogP contribution is 2.06. The first-order valence-corrected chi connectivity index (χ1v) is 8.39. The number of amides is 2. The average molecular weight is 349 g/mol. The molecule has 7 nitrogen and oxygen atoms in total. The molecule has 0 fully saturated rings. The molecule has 2 unspecified atom stereocenters. The van der Waals surface area contributed by atoms with E-state index in [1.165, 1.54) is 0 Å². The fourth-order valence-electron chi connectivity index (χ4n) is 2.37. The predicted molar refractivity (Wildman–Crippen MR) is 94.8 cm³/mol. The molecule has 0 aliphatic heterocycles. The summed E-state index contributed by atoms with van der Waals surface area (Å²) < 4.78 is 0. The fourth-order valence-corrected chi connectivity index (χ4v) is 2.37. The smallest absolute Gasteiger partial charge is 0.305 e. The number of hydrogen-bond acceptors (Lipinski definition) is 4. The van der Waals surface area contributed by atoms with Crippen LogP contribution in [0.2, 0.25) is 0 Å². The first kappa shape index (κ1) is 20.6. The largest absolute Gasteiger partial charge is 0.481 e. The molecule has 0 saturated carbocycles. The molecule has 1 aromatic rings. The molecule has 25 heavy (non-hydrogen) atoms. The second-order valence-electron chi connectivity index (χ2n) is 6.42. The number of hydrogen-bond donors (Lipinski definition) is 4. The molecule has 0 aliphatic carbocycles. The summed E-state index contributed by atoms with van der Waals surface area (Å²) in [7, 11) is 0.